The van der Waals surface area contributed by atoms with Crippen LogP contribution in [0.15, 0.2) is 18.3 Å². The molecule has 0 bridgehead atoms. The summed E-state index contributed by atoms with van der Waals surface area (Å²) in [5.74, 6) is 6.14. The van der Waals surface area contributed by atoms with Gasteiger partial charge in [0.15, 0.2) is 0 Å². The molecule has 0 atom stereocenters. The van der Waals surface area contributed by atoms with Crippen molar-refractivity contribution in [3.8, 4) is 0 Å². The number of aromatic nitrogens is 1. The first kappa shape index (κ1) is 12.2. The van der Waals surface area contributed by atoms with Crippen LogP contribution in [-0.4, -0.2) is 17.6 Å². The van der Waals surface area contributed by atoms with Gasteiger partial charge in [0.1, 0.15) is 5.82 Å². The normalized spacial score (nSPS) is 16.8. The molecule has 2 rings (SSSR count). The van der Waals surface area contributed by atoms with Crippen molar-refractivity contribution in [3.63, 3.8) is 0 Å². The van der Waals surface area contributed by atoms with Gasteiger partial charge in [-0.15, -0.1) is 0 Å². The Labute approximate surface area is 103 Å². The molecule has 1 heterocycles. The number of nitrogens with two attached hydrogens (primary N) is 1. The molecule has 0 spiro atoms. The largest absolute Gasteiger partial charge is 0.369 e. The second kappa shape index (κ2) is 5.87. The van der Waals surface area contributed by atoms with Crippen molar-refractivity contribution in [1.82, 2.24) is 4.98 Å². The lowest BCUT2D eigenvalue weighted by Crippen LogP contribution is -2.36. The fraction of sp³-hybridized carbons (Fsp3) is 0.615. The molecule has 94 valence electrons. The molecule has 1 fully saturated rings. The van der Waals surface area contributed by atoms with Gasteiger partial charge in [0.25, 0.3) is 0 Å². The number of pyridine rings is 1. The van der Waals surface area contributed by atoms with Crippen LogP contribution in [0.4, 0.5) is 11.5 Å². The zero-order valence-electron chi connectivity index (χ0n) is 10.5. The summed E-state index contributed by atoms with van der Waals surface area (Å²) in [6.45, 7) is 3.25. The van der Waals surface area contributed by atoms with Crippen LogP contribution in [0, 0.1) is 0 Å². The summed E-state index contributed by atoms with van der Waals surface area (Å²) in [7, 11) is 0. The van der Waals surface area contributed by atoms with E-state index in [1.54, 1.807) is 0 Å². The molecule has 0 saturated heterocycles. The highest BCUT2D eigenvalue weighted by Crippen LogP contribution is 2.27. The molecule has 17 heavy (non-hydrogen) atoms. The molecule has 0 aliphatic heterocycles. The van der Waals surface area contributed by atoms with Crippen molar-refractivity contribution in [3.05, 3.63) is 18.3 Å². The molecule has 4 nitrogen and oxygen atoms in total. The molecule has 0 amide bonds. The number of nitrogen functional groups attached to an aromatic ring is 1. The van der Waals surface area contributed by atoms with E-state index in [4.69, 9.17) is 5.84 Å². The van der Waals surface area contributed by atoms with E-state index < -0.39 is 0 Å². The summed E-state index contributed by atoms with van der Waals surface area (Å²) >= 11 is 0. The van der Waals surface area contributed by atoms with Gasteiger partial charge in [-0.2, -0.15) is 0 Å². The summed E-state index contributed by atoms with van der Waals surface area (Å²) in [6, 6.07) is 4.78. The molecule has 0 aromatic carbocycles. The van der Waals surface area contributed by atoms with Gasteiger partial charge >= 0.3 is 0 Å². The predicted octanol–water partition coefficient (Wildman–Crippen LogP) is 2.53. The first-order chi connectivity index (χ1) is 8.35. The SMILES string of the molecule is CCN(c1ccnc(NN)c1)C1CCCCC1. The number of anilines is 2. The molecule has 3 N–H and O–H groups in total. The maximum absolute atomic E-state index is 5.41. The maximum Gasteiger partial charge on any atom is 0.141 e. The Morgan fingerprint density at radius 2 is 2.18 bits per heavy atom. The van der Waals surface area contributed by atoms with Crippen molar-refractivity contribution in [1.29, 1.82) is 0 Å². The molecular weight excluding hydrogens is 212 g/mol. The van der Waals surface area contributed by atoms with Crippen molar-refractivity contribution < 1.29 is 0 Å². The highest BCUT2D eigenvalue weighted by atomic mass is 15.3. The van der Waals surface area contributed by atoms with Gasteiger partial charge in [-0.1, -0.05) is 19.3 Å². The average Bonchev–Trinajstić information content (AvgIpc) is 2.41. The smallest absolute Gasteiger partial charge is 0.141 e. The first-order valence-corrected chi connectivity index (χ1v) is 6.54. The van der Waals surface area contributed by atoms with E-state index in [0.717, 1.165) is 12.4 Å². The third kappa shape index (κ3) is 2.88. The Bertz CT molecular complexity index is 347. The Kier molecular flexibility index (Phi) is 4.20. The van der Waals surface area contributed by atoms with Crippen LogP contribution in [0.25, 0.3) is 0 Å². The summed E-state index contributed by atoms with van der Waals surface area (Å²) in [5, 5.41) is 0. The minimum atomic E-state index is 0.682. The second-order valence-corrected chi connectivity index (χ2v) is 4.62. The number of nitrogens with zero attached hydrogens (tertiary/aromatic N) is 2. The lowest BCUT2D eigenvalue weighted by atomic mass is 9.94. The fourth-order valence-corrected chi connectivity index (χ4v) is 2.72. The van der Waals surface area contributed by atoms with Crippen LogP contribution in [-0.2, 0) is 0 Å². The molecule has 1 aromatic rings. The standard InChI is InChI=1S/C13H22N4/c1-2-17(11-6-4-3-5-7-11)12-8-9-15-13(10-12)16-14/h8-11H,2-7,14H2,1H3,(H,15,16). The Morgan fingerprint density at radius 3 is 2.82 bits per heavy atom. The quantitative estimate of drug-likeness (QED) is 0.621. The van der Waals surface area contributed by atoms with Gasteiger partial charge in [0.05, 0.1) is 0 Å². The fourth-order valence-electron chi connectivity index (χ4n) is 2.72. The van der Waals surface area contributed by atoms with E-state index >= 15 is 0 Å². The lowest BCUT2D eigenvalue weighted by molar-refractivity contribution is 0.418. The van der Waals surface area contributed by atoms with E-state index in [2.05, 4.69) is 28.3 Å². The lowest BCUT2D eigenvalue weighted by Gasteiger charge is -2.35. The Hall–Kier alpha value is -1.29. The van der Waals surface area contributed by atoms with Gasteiger partial charge in [-0.25, -0.2) is 10.8 Å². The molecule has 1 aliphatic rings. The number of hydrogen-bond acceptors (Lipinski definition) is 4. The summed E-state index contributed by atoms with van der Waals surface area (Å²) < 4.78 is 0. The Morgan fingerprint density at radius 1 is 1.41 bits per heavy atom. The van der Waals surface area contributed by atoms with Crippen LogP contribution in [0.2, 0.25) is 0 Å². The van der Waals surface area contributed by atoms with Crippen molar-refractivity contribution in [2.45, 2.75) is 45.1 Å². The number of rotatable bonds is 4. The third-order valence-electron chi connectivity index (χ3n) is 3.58. The molecule has 1 saturated carbocycles. The van der Waals surface area contributed by atoms with Crippen LogP contribution in [0.5, 0.6) is 0 Å². The van der Waals surface area contributed by atoms with Crippen LogP contribution < -0.4 is 16.2 Å². The molecular formula is C13H22N4. The van der Waals surface area contributed by atoms with E-state index in [1.807, 2.05) is 12.3 Å². The predicted molar refractivity (Wildman–Crippen MR) is 71.9 cm³/mol. The van der Waals surface area contributed by atoms with Crippen molar-refractivity contribution in [2.75, 3.05) is 16.9 Å². The van der Waals surface area contributed by atoms with E-state index in [1.165, 1.54) is 37.8 Å². The van der Waals surface area contributed by atoms with E-state index in [9.17, 15) is 0 Å². The topological polar surface area (TPSA) is 54.2 Å². The van der Waals surface area contributed by atoms with Crippen LogP contribution >= 0.6 is 0 Å². The minimum Gasteiger partial charge on any atom is -0.369 e. The summed E-state index contributed by atoms with van der Waals surface area (Å²) in [4.78, 5) is 6.63. The van der Waals surface area contributed by atoms with Crippen LogP contribution in [0.1, 0.15) is 39.0 Å². The zero-order chi connectivity index (χ0) is 12.1. The number of hydrazine groups is 1. The average molecular weight is 234 g/mol. The number of nitrogens with one attached hydrogen (secondary N) is 1. The van der Waals surface area contributed by atoms with Crippen molar-refractivity contribution >= 4 is 11.5 Å². The van der Waals surface area contributed by atoms with Gasteiger partial charge in [-0.3, -0.25) is 0 Å². The van der Waals surface area contributed by atoms with Gasteiger partial charge in [0.2, 0.25) is 0 Å². The number of hydrogen-bond donors (Lipinski definition) is 2. The molecule has 1 aromatic heterocycles. The monoisotopic (exact) mass is 234 g/mol. The molecule has 4 heteroatoms. The highest BCUT2D eigenvalue weighted by Gasteiger charge is 2.20. The highest BCUT2D eigenvalue weighted by molar-refractivity contribution is 5.54. The van der Waals surface area contributed by atoms with Gasteiger partial charge in [0, 0.05) is 30.5 Å². The maximum atomic E-state index is 5.41. The van der Waals surface area contributed by atoms with Gasteiger partial charge < -0.3 is 10.3 Å². The van der Waals surface area contributed by atoms with Crippen LogP contribution in [0.3, 0.4) is 0 Å². The van der Waals surface area contributed by atoms with Crippen molar-refractivity contribution in [2.24, 2.45) is 5.84 Å². The summed E-state index contributed by atoms with van der Waals surface area (Å²) in [6.07, 6.45) is 8.53. The van der Waals surface area contributed by atoms with E-state index in [0.29, 0.717) is 6.04 Å². The first-order valence-electron chi connectivity index (χ1n) is 6.54. The molecule has 0 radical (unpaired) electrons. The molecule has 1 aliphatic carbocycles. The van der Waals surface area contributed by atoms with Gasteiger partial charge in [-0.05, 0) is 25.8 Å². The zero-order valence-corrected chi connectivity index (χ0v) is 10.5. The third-order valence-corrected chi connectivity index (χ3v) is 3.58. The summed E-state index contributed by atoms with van der Waals surface area (Å²) in [5.41, 5.74) is 3.84. The second-order valence-electron chi connectivity index (χ2n) is 4.62. The Balaban J connectivity index is 2.15. The molecule has 0 unspecified atom stereocenters. The van der Waals surface area contributed by atoms with E-state index in [-0.39, 0.29) is 0 Å². The minimum absolute atomic E-state index is 0.682.